The number of ether oxygens (including phenoxy) is 1. The van der Waals surface area contributed by atoms with Gasteiger partial charge in [0, 0.05) is 18.0 Å². The van der Waals surface area contributed by atoms with Crippen LogP contribution in [0.5, 0.6) is 0 Å². The molecule has 1 aromatic heterocycles. The number of aliphatic hydroxyl groups excluding tert-OH is 1. The molecule has 28 heavy (non-hydrogen) atoms. The number of carbonyl (C=O) groups is 1. The molecule has 2 atom stereocenters. The zero-order chi connectivity index (χ0) is 20.0. The Balaban J connectivity index is 1.76. The van der Waals surface area contributed by atoms with Crippen molar-refractivity contribution in [3.05, 3.63) is 90.3 Å². The van der Waals surface area contributed by atoms with Crippen LogP contribution in [0.25, 0.3) is 11.1 Å². The molecule has 0 unspecified atom stereocenters. The van der Waals surface area contributed by atoms with Crippen LogP contribution in [0.15, 0.2) is 79.1 Å². The van der Waals surface area contributed by atoms with Gasteiger partial charge in [-0.2, -0.15) is 0 Å². The number of pyridine rings is 1. The van der Waals surface area contributed by atoms with Gasteiger partial charge in [0.1, 0.15) is 6.10 Å². The first-order valence-corrected chi connectivity index (χ1v) is 8.85. The second-order valence-corrected chi connectivity index (χ2v) is 6.59. The van der Waals surface area contributed by atoms with E-state index in [0.717, 1.165) is 16.7 Å². The number of amides is 1. The fraction of sp³-hybridized carbons (Fsp3) is 0.182. The number of aliphatic hydroxyl groups is 1. The molecule has 144 valence electrons. The normalized spacial score (nSPS) is 14.1. The number of aromatic nitrogens is 1. The lowest BCUT2D eigenvalue weighted by Gasteiger charge is -2.32. The highest BCUT2D eigenvalue weighted by atomic mass is 16.5. The van der Waals surface area contributed by atoms with Crippen LogP contribution >= 0.6 is 0 Å². The molecule has 1 amide bonds. The van der Waals surface area contributed by atoms with Crippen molar-refractivity contribution in [1.29, 1.82) is 0 Å². The van der Waals surface area contributed by atoms with Gasteiger partial charge in [0.05, 0.1) is 6.61 Å². The van der Waals surface area contributed by atoms with E-state index in [1.807, 2.05) is 54.6 Å². The minimum atomic E-state index is -1.70. The first-order valence-electron chi connectivity index (χ1n) is 8.85. The number of hydroxylamine groups is 1. The summed E-state index contributed by atoms with van der Waals surface area (Å²) in [6.07, 6.45) is 1.71. The van der Waals surface area contributed by atoms with Crippen LogP contribution in [0.3, 0.4) is 0 Å². The minimum Gasteiger partial charge on any atom is -0.385 e. The third-order valence-electron chi connectivity index (χ3n) is 4.67. The number of benzene rings is 2. The molecule has 0 radical (unpaired) electrons. The standard InChI is InChI=1S/C22H22N2O4/c1-22(21(26)24-27,20(25)19-8-5-13-23-14-19)28-15-16-9-11-18(12-10-16)17-6-3-2-4-7-17/h2-14,20,25,27H,15H2,1H3,(H,24,26)/t20-,22-/m0/s1. The predicted octanol–water partition coefficient (Wildman–Crippen LogP) is 3.26. The minimum absolute atomic E-state index is 0.0797. The van der Waals surface area contributed by atoms with Crippen LogP contribution in [0.2, 0.25) is 0 Å². The van der Waals surface area contributed by atoms with E-state index in [1.54, 1.807) is 23.8 Å². The van der Waals surface area contributed by atoms with Gasteiger partial charge in [-0.1, -0.05) is 60.7 Å². The van der Waals surface area contributed by atoms with E-state index in [1.165, 1.54) is 13.1 Å². The summed E-state index contributed by atoms with van der Waals surface area (Å²) in [5, 5.41) is 19.8. The summed E-state index contributed by atoms with van der Waals surface area (Å²) in [5.41, 5.74) is 3.29. The Labute approximate surface area is 163 Å². The van der Waals surface area contributed by atoms with E-state index in [2.05, 4.69) is 4.98 Å². The van der Waals surface area contributed by atoms with E-state index in [0.29, 0.717) is 5.56 Å². The molecule has 0 saturated carbocycles. The molecule has 0 bridgehead atoms. The maximum Gasteiger partial charge on any atom is 0.278 e. The van der Waals surface area contributed by atoms with E-state index < -0.39 is 17.6 Å². The van der Waals surface area contributed by atoms with E-state index in [9.17, 15) is 9.90 Å². The summed E-state index contributed by atoms with van der Waals surface area (Å²) in [6.45, 7) is 1.50. The highest BCUT2D eigenvalue weighted by Gasteiger charge is 2.43. The summed E-state index contributed by atoms with van der Waals surface area (Å²) in [6, 6.07) is 21.0. The second-order valence-electron chi connectivity index (χ2n) is 6.59. The lowest BCUT2D eigenvalue weighted by molar-refractivity contribution is -0.173. The van der Waals surface area contributed by atoms with Crippen molar-refractivity contribution in [2.24, 2.45) is 0 Å². The predicted molar refractivity (Wildman–Crippen MR) is 104 cm³/mol. The van der Waals surface area contributed by atoms with Gasteiger partial charge >= 0.3 is 0 Å². The molecular weight excluding hydrogens is 356 g/mol. The number of nitrogens with one attached hydrogen (secondary N) is 1. The summed E-state index contributed by atoms with van der Waals surface area (Å²) in [4.78, 5) is 16.2. The molecule has 0 aliphatic heterocycles. The van der Waals surface area contributed by atoms with Gasteiger partial charge in [-0.25, -0.2) is 5.48 Å². The maximum absolute atomic E-state index is 12.2. The summed E-state index contributed by atoms with van der Waals surface area (Å²) >= 11 is 0. The Morgan fingerprint density at radius 1 is 1.07 bits per heavy atom. The van der Waals surface area contributed by atoms with Gasteiger partial charge in [0.2, 0.25) is 0 Å². The average Bonchev–Trinajstić information content (AvgIpc) is 2.78. The molecule has 0 spiro atoms. The Bertz CT molecular complexity index is 901. The van der Waals surface area contributed by atoms with Crippen molar-refractivity contribution in [1.82, 2.24) is 10.5 Å². The van der Waals surface area contributed by atoms with Crippen LogP contribution in [0.1, 0.15) is 24.2 Å². The van der Waals surface area contributed by atoms with Crippen LogP contribution in [-0.2, 0) is 16.1 Å². The average molecular weight is 378 g/mol. The van der Waals surface area contributed by atoms with Gasteiger partial charge < -0.3 is 9.84 Å². The molecule has 2 aromatic carbocycles. The Morgan fingerprint density at radius 3 is 2.36 bits per heavy atom. The van der Waals surface area contributed by atoms with Crippen LogP contribution in [0, 0.1) is 0 Å². The first kappa shape index (κ1) is 19.7. The SMILES string of the molecule is C[C@@](OCc1ccc(-c2ccccc2)cc1)(C(=O)NO)[C@@H](O)c1cccnc1. The van der Waals surface area contributed by atoms with Crippen molar-refractivity contribution < 1.29 is 19.8 Å². The van der Waals surface area contributed by atoms with Crippen molar-refractivity contribution in [2.45, 2.75) is 25.2 Å². The molecule has 0 aliphatic carbocycles. The lowest BCUT2D eigenvalue weighted by Crippen LogP contribution is -2.50. The van der Waals surface area contributed by atoms with Gasteiger partial charge in [0.15, 0.2) is 5.60 Å². The summed E-state index contributed by atoms with van der Waals surface area (Å²) < 4.78 is 5.78. The summed E-state index contributed by atoms with van der Waals surface area (Å²) in [7, 11) is 0. The highest BCUT2D eigenvalue weighted by molar-refractivity contribution is 5.84. The summed E-state index contributed by atoms with van der Waals surface area (Å²) in [5.74, 6) is -0.843. The molecular formula is C22H22N2O4. The van der Waals surface area contributed by atoms with Crippen LogP contribution in [-0.4, -0.2) is 26.8 Å². The monoisotopic (exact) mass is 378 g/mol. The molecule has 0 aliphatic rings. The topological polar surface area (TPSA) is 91.7 Å². The van der Waals surface area contributed by atoms with E-state index in [4.69, 9.17) is 9.94 Å². The molecule has 1 heterocycles. The molecule has 6 heteroatoms. The molecule has 3 aromatic rings. The molecule has 0 saturated heterocycles. The number of nitrogens with zero attached hydrogens (tertiary/aromatic N) is 1. The van der Waals surface area contributed by atoms with Crippen LogP contribution in [0.4, 0.5) is 0 Å². The third kappa shape index (κ3) is 4.26. The Morgan fingerprint density at radius 2 is 1.75 bits per heavy atom. The van der Waals surface area contributed by atoms with Gasteiger partial charge in [0.25, 0.3) is 5.91 Å². The van der Waals surface area contributed by atoms with Gasteiger partial charge in [-0.3, -0.25) is 15.0 Å². The zero-order valence-electron chi connectivity index (χ0n) is 15.4. The van der Waals surface area contributed by atoms with Crippen molar-refractivity contribution in [3.8, 4) is 11.1 Å². The number of hydrogen-bond acceptors (Lipinski definition) is 5. The second kappa shape index (κ2) is 8.75. The number of rotatable bonds is 7. The third-order valence-corrected chi connectivity index (χ3v) is 4.67. The van der Waals surface area contributed by atoms with E-state index in [-0.39, 0.29) is 6.61 Å². The number of hydrogen-bond donors (Lipinski definition) is 3. The highest BCUT2D eigenvalue weighted by Crippen LogP contribution is 2.30. The van der Waals surface area contributed by atoms with Crippen LogP contribution < -0.4 is 5.48 Å². The Hall–Kier alpha value is -3.06. The molecule has 3 rings (SSSR count). The quantitative estimate of drug-likeness (QED) is 0.434. The van der Waals surface area contributed by atoms with Crippen molar-refractivity contribution in [2.75, 3.05) is 0 Å². The smallest absolute Gasteiger partial charge is 0.278 e. The van der Waals surface area contributed by atoms with Gasteiger partial charge in [-0.15, -0.1) is 0 Å². The lowest BCUT2D eigenvalue weighted by atomic mass is 9.92. The molecule has 0 fully saturated rings. The fourth-order valence-corrected chi connectivity index (χ4v) is 2.89. The molecule has 6 nitrogen and oxygen atoms in total. The Kier molecular flexibility index (Phi) is 6.16. The maximum atomic E-state index is 12.2. The van der Waals surface area contributed by atoms with Gasteiger partial charge in [-0.05, 0) is 29.7 Å². The zero-order valence-corrected chi connectivity index (χ0v) is 15.4. The fourth-order valence-electron chi connectivity index (χ4n) is 2.89. The number of carbonyl (C=O) groups excluding carboxylic acids is 1. The van der Waals surface area contributed by atoms with E-state index >= 15 is 0 Å². The van der Waals surface area contributed by atoms with Crippen molar-refractivity contribution >= 4 is 5.91 Å². The first-order chi connectivity index (χ1) is 13.5. The van der Waals surface area contributed by atoms with Crippen molar-refractivity contribution in [3.63, 3.8) is 0 Å². The molecule has 3 N–H and O–H groups in total. The largest absolute Gasteiger partial charge is 0.385 e.